The van der Waals surface area contributed by atoms with Gasteiger partial charge in [0.2, 0.25) is 0 Å². The number of rotatable bonds is 10. The van der Waals surface area contributed by atoms with Crippen molar-refractivity contribution in [2.75, 3.05) is 18.1 Å². The van der Waals surface area contributed by atoms with Gasteiger partial charge in [-0.1, -0.05) is 48.2 Å². The molecule has 0 amide bonds. The Bertz CT molecular complexity index is 1190. The smallest absolute Gasteiger partial charge is 0.338 e. The van der Waals surface area contributed by atoms with Crippen LogP contribution in [-0.4, -0.2) is 35.5 Å². The molecule has 1 aliphatic rings. The van der Waals surface area contributed by atoms with Gasteiger partial charge in [0, 0.05) is 16.3 Å². The van der Waals surface area contributed by atoms with Crippen molar-refractivity contribution < 1.29 is 29.4 Å². The molecule has 180 valence electrons. The zero-order valence-electron chi connectivity index (χ0n) is 18.1. The molecule has 0 N–H and O–H groups in total. The molecule has 12 heteroatoms. The van der Waals surface area contributed by atoms with Crippen molar-refractivity contribution in [2.45, 2.75) is 22.4 Å². The van der Waals surface area contributed by atoms with E-state index in [0.717, 1.165) is 26.7 Å². The summed E-state index contributed by atoms with van der Waals surface area (Å²) in [5, 5.41) is 18.8. The molecule has 0 unspecified atom stereocenters. The second kappa shape index (κ2) is 10.7. The van der Waals surface area contributed by atoms with Crippen LogP contribution >= 0.6 is 11.8 Å². The van der Waals surface area contributed by atoms with E-state index in [1.807, 2.05) is 42.5 Å². The quantitative estimate of drug-likeness (QED) is 0.225. The lowest BCUT2D eigenvalue weighted by Crippen LogP contribution is -2.30. The highest BCUT2D eigenvalue weighted by atomic mass is 32.2. The van der Waals surface area contributed by atoms with E-state index in [2.05, 4.69) is 26.7 Å². The number of hydrogen-bond acceptors (Lipinski definition) is 10. The van der Waals surface area contributed by atoms with Crippen LogP contribution in [0.25, 0.3) is 0 Å². The molecular weight excluding hydrogens is 478 g/mol. The van der Waals surface area contributed by atoms with Gasteiger partial charge in [-0.2, -0.15) is 0 Å². The molecule has 0 bridgehead atoms. The van der Waals surface area contributed by atoms with Crippen LogP contribution in [0.3, 0.4) is 0 Å². The van der Waals surface area contributed by atoms with Crippen molar-refractivity contribution in [3.63, 3.8) is 0 Å². The number of hydrogen-bond donors (Lipinski definition) is 0. The zero-order valence-corrected chi connectivity index (χ0v) is 19.0. The molecule has 0 aliphatic carbocycles. The van der Waals surface area contributed by atoms with Gasteiger partial charge in [0.05, 0.1) is 16.9 Å². The maximum atomic E-state index is 12.7. The van der Waals surface area contributed by atoms with Gasteiger partial charge in [-0.3, -0.25) is 0 Å². The minimum Gasteiger partial charge on any atom is -0.455 e. The molecule has 4 rings (SSSR count). The van der Waals surface area contributed by atoms with Crippen LogP contribution in [0.15, 0.2) is 82.6 Å². The van der Waals surface area contributed by atoms with Crippen LogP contribution < -0.4 is 4.90 Å². The highest BCUT2D eigenvalue weighted by Gasteiger charge is 2.24. The van der Waals surface area contributed by atoms with Crippen LogP contribution in [0.1, 0.15) is 15.9 Å². The first-order valence-electron chi connectivity index (χ1n) is 10.4. The summed E-state index contributed by atoms with van der Waals surface area (Å²) < 4.78 is 5.18. The maximum Gasteiger partial charge on any atom is 0.338 e. The molecule has 0 saturated carbocycles. The molecule has 11 nitrogen and oxygen atoms in total. The van der Waals surface area contributed by atoms with Crippen molar-refractivity contribution in [1.82, 2.24) is 0 Å². The van der Waals surface area contributed by atoms with Crippen LogP contribution in [0, 0.1) is 20.2 Å². The minimum atomic E-state index is -1.35. The van der Waals surface area contributed by atoms with Crippen LogP contribution in [0.5, 0.6) is 0 Å². The fraction of sp³-hybridized carbons (Fsp3) is 0.174. The van der Waals surface area contributed by atoms with Crippen LogP contribution in [0.2, 0.25) is 0 Å². The molecule has 0 fully saturated rings. The van der Waals surface area contributed by atoms with Gasteiger partial charge in [-0.05, 0) is 42.0 Å². The van der Waals surface area contributed by atoms with Crippen LogP contribution in [0.4, 0.5) is 11.4 Å². The summed E-state index contributed by atoms with van der Waals surface area (Å²) in [7, 11) is 0. The van der Waals surface area contributed by atoms with E-state index < -0.39 is 35.5 Å². The Morgan fingerprint density at radius 2 is 1.43 bits per heavy atom. The summed E-state index contributed by atoms with van der Waals surface area (Å²) >= 11 is 1.69. The number of para-hydroxylation sites is 2. The summed E-state index contributed by atoms with van der Waals surface area (Å²) in [6.07, 6.45) is -1.35. The lowest BCUT2D eigenvalue weighted by Gasteiger charge is -2.32. The first kappa shape index (κ1) is 23.8. The van der Waals surface area contributed by atoms with E-state index in [1.54, 1.807) is 23.9 Å². The lowest BCUT2D eigenvalue weighted by molar-refractivity contribution is -0.768. The molecule has 0 spiro atoms. The monoisotopic (exact) mass is 497 g/mol. The molecule has 1 heterocycles. The average Bonchev–Trinajstić information content (AvgIpc) is 2.85. The summed E-state index contributed by atoms with van der Waals surface area (Å²) in [4.78, 5) is 46.4. The third-order valence-electron chi connectivity index (χ3n) is 5.04. The molecule has 0 aromatic heterocycles. The zero-order chi connectivity index (χ0) is 24.8. The molecule has 0 saturated heterocycles. The second-order valence-electron chi connectivity index (χ2n) is 7.39. The molecule has 0 atom stereocenters. The fourth-order valence-electron chi connectivity index (χ4n) is 3.55. The topological polar surface area (TPSA) is 134 Å². The summed E-state index contributed by atoms with van der Waals surface area (Å²) in [6.45, 7) is -0.940. The number of esters is 1. The molecule has 3 aromatic carbocycles. The largest absolute Gasteiger partial charge is 0.455 e. The number of ether oxygens (including phenoxy) is 1. The molecule has 1 aliphatic heterocycles. The lowest BCUT2D eigenvalue weighted by atomic mass is 10.1. The maximum absolute atomic E-state index is 12.7. The van der Waals surface area contributed by atoms with Gasteiger partial charge >= 0.3 is 5.97 Å². The van der Waals surface area contributed by atoms with Gasteiger partial charge in [0.15, 0.2) is 0 Å². The Hall–Kier alpha value is -4.32. The van der Waals surface area contributed by atoms with Crippen LogP contribution in [-0.2, 0) is 21.0 Å². The van der Waals surface area contributed by atoms with E-state index in [1.165, 1.54) is 6.07 Å². The number of carbonyl (C=O) groups is 1. The number of fused-ring (bicyclic) bond motifs is 2. The predicted molar refractivity (Wildman–Crippen MR) is 124 cm³/mol. The first-order chi connectivity index (χ1) is 16.9. The number of carbonyl (C=O) groups excluding carboxylic acids is 1. The Kier molecular flexibility index (Phi) is 7.31. The van der Waals surface area contributed by atoms with E-state index >= 15 is 0 Å². The van der Waals surface area contributed by atoms with Crippen molar-refractivity contribution in [2.24, 2.45) is 0 Å². The molecule has 0 radical (unpaired) electrons. The Balaban J connectivity index is 1.53. The number of nitrogens with zero attached hydrogens (tertiary/aromatic N) is 3. The fourth-order valence-corrected chi connectivity index (χ4v) is 4.65. The van der Waals surface area contributed by atoms with Crippen molar-refractivity contribution in [3.05, 3.63) is 104 Å². The summed E-state index contributed by atoms with van der Waals surface area (Å²) in [5.74, 6) is -0.814. The highest BCUT2D eigenvalue weighted by Crippen LogP contribution is 2.48. The first-order valence-corrected chi connectivity index (χ1v) is 11.2. The van der Waals surface area contributed by atoms with Crippen molar-refractivity contribution in [1.29, 1.82) is 0 Å². The number of anilines is 2. The second-order valence-corrected chi connectivity index (χ2v) is 8.47. The standard InChI is InChI=1S/C23H19N3O8S/c27-23(34-18(14-32-25(28)29)15-33-26(30)31)17-7-5-6-16(12-17)13-24-19-8-1-3-10-21(19)35-22-11-4-2-9-20(22)24/h1-12,18H,13-15H2. The van der Waals surface area contributed by atoms with E-state index in [4.69, 9.17) is 4.74 Å². The minimum absolute atomic E-state index is 0.183. The van der Waals surface area contributed by atoms with E-state index in [0.29, 0.717) is 6.54 Å². The number of benzene rings is 3. The third kappa shape index (κ3) is 5.98. The molecule has 35 heavy (non-hydrogen) atoms. The normalized spacial score (nSPS) is 11.9. The third-order valence-corrected chi connectivity index (χ3v) is 6.17. The van der Waals surface area contributed by atoms with E-state index in [9.17, 15) is 25.0 Å². The van der Waals surface area contributed by atoms with Gasteiger partial charge < -0.3 is 19.3 Å². The van der Waals surface area contributed by atoms with Crippen molar-refractivity contribution >= 4 is 29.1 Å². The Morgan fingerprint density at radius 3 is 2.00 bits per heavy atom. The van der Waals surface area contributed by atoms with Gasteiger partial charge in [0.25, 0.3) is 10.2 Å². The average molecular weight is 497 g/mol. The molecular formula is C23H19N3O8S. The summed E-state index contributed by atoms with van der Waals surface area (Å²) in [5.41, 5.74) is 3.08. The van der Waals surface area contributed by atoms with E-state index in [-0.39, 0.29) is 5.56 Å². The van der Waals surface area contributed by atoms with Gasteiger partial charge in [-0.15, -0.1) is 20.2 Å². The van der Waals surface area contributed by atoms with Crippen molar-refractivity contribution in [3.8, 4) is 0 Å². The highest BCUT2D eigenvalue weighted by molar-refractivity contribution is 7.99. The molecule has 3 aromatic rings. The van der Waals surface area contributed by atoms with Gasteiger partial charge in [-0.25, -0.2) is 4.79 Å². The SMILES string of the molecule is O=C(OC(CO[N+](=O)[O-])CO[N+](=O)[O-])c1cccc(CN2c3ccccc3Sc3ccccc32)c1. The van der Waals surface area contributed by atoms with Gasteiger partial charge in [0.1, 0.15) is 19.3 Å². The summed E-state index contributed by atoms with van der Waals surface area (Å²) in [6, 6.07) is 22.8. The Labute approximate surface area is 203 Å². The Morgan fingerprint density at radius 1 is 0.857 bits per heavy atom. The predicted octanol–water partition coefficient (Wildman–Crippen LogP) is 4.43.